The fraction of sp³-hybridized carbons (Fsp3) is 0. The minimum atomic E-state index is 1.14. The van der Waals surface area contributed by atoms with Gasteiger partial charge in [-0.05, 0) is 56.8 Å². The number of anilines is 3. The molecule has 0 N–H and O–H groups in total. The van der Waals surface area contributed by atoms with Crippen molar-refractivity contribution in [3.8, 4) is 11.1 Å². The summed E-state index contributed by atoms with van der Waals surface area (Å²) < 4.78 is 0. The van der Waals surface area contributed by atoms with Gasteiger partial charge in [0.15, 0.2) is 0 Å². The predicted molar refractivity (Wildman–Crippen MR) is 159 cm³/mol. The van der Waals surface area contributed by atoms with Crippen molar-refractivity contribution in [2.45, 2.75) is 0 Å². The van der Waals surface area contributed by atoms with Crippen LogP contribution in [0.1, 0.15) is 0 Å². The molecular weight excluding hydrogens is 446 g/mol. The second-order valence-corrected chi connectivity index (χ2v) is 9.38. The van der Waals surface area contributed by atoms with E-state index in [0.29, 0.717) is 0 Å². The SMILES string of the molecule is c1ccc(-c2ccccc2N(c2ccccc2)c2cccc3ccc4c5ccccc5ccc4c23)cc1. The Labute approximate surface area is 216 Å². The zero-order valence-corrected chi connectivity index (χ0v) is 20.4. The molecule has 0 aliphatic carbocycles. The maximum absolute atomic E-state index is 2.42. The van der Waals surface area contributed by atoms with E-state index in [2.05, 4.69) is 157 Å². The zero-order chi connectivity index (χ0) is 24.6. The van der Waals surface area contributed by atoms with Crippen LogP contribution in [0.25, 0.3) is 43.4 Å². The van der Waals surface area contributed by atoms with Crippen molar-refractivity contribution in [1.82, 2.24) is 0 Å². The number of hydrogen-bond donors (Lipinski definition) is 0. The average molecular weight is 472 g/mol. The molecule has 0 aliphatic heterocycles. The van der Waals surface area contributed by atoms with Crippen LogP contribution < -0.4 is 4.90 Å². The molecule has 7 rings (SSSR count). The van der Waals surface area contributed by atoms with Crippen molar-refractivity contribution < 1.29 is 0 Å². The fourth-order valence-electron chi connectivity index (χ4n) is 5.56. The van der Waals surface area contributed by atoms with Gasteiger partial charge < -0.3 is 4.90 Å². The molecule has 0 unspecified atom stereocenters. The molecule has 174 valence electrons. The number of para-hydroxylation sites is 2. The highest BCUT2D eigenvalue weighted by molar-refractivity contribution is 6.21. The Kier molecular flexibility index (Phi) is 5.19. The predicted octanol–water partition coefficient (Wildman–Crippen LogP) is 10.3. The topological polar surface area (TPSA) is 3.24 Å². The summed E-state index contributed by atoms with van der Waals surface area (Å²) in [6, 6.07) is 54.4. The second-order valence-electron chi connectivity index (χ2n) is 9.38. The maximum atomic E-state index is 2.42. The van der Waals surface area contributed by atoms with Crippen molar-refractivity contribution in [2.24, 2.45) is 0 Å². The molecule has 1 heteroatoms. The van der Waals surface area contributed by atoms with Crippen LogP contribution in [0.4, 0.5) is 17.1 Å². The van der Waals surface area contributed by atoms with E-state index in [0.717, 1.165) is 11.4 Å². The first-order valence-electron chi connectivity index (χ1n) is 12.7. The van der Waals surface area contributed by atoms with Crippen molar-refractivity contribution >= 4 is 49.4 Å². The molecule has 7 aromatic rings. The van der Waals surface area contributed by atoms with E-state index in [1.54, 1.807) is 0 Å². The van der Waals surface area contributed by atoms with Crippen molar-refractivity contribution in [3.63, 3.8) is 0 Å². The van der Waals surface area contributed by atoms with Gasteiger partial charge in [-0.1, -0.05) is 127 Å². The van der Waals surface area contributed by atoms with E-state index in [9.17, 15) is 0 Å². The molecule has 0 atom stereocenters. The Morgan fingerprint density at radius 2 is 0.973 bits per heavy atom. The van der Waals surface area contributed by atoms with E-state index in [1.807, 2.05) is 0 Å². The van der Waals surface area contributed by atoms with Gasteiger partial charge in [-0.3, -0.25) is 0 Å². The number of fused-ring (bicyclic) bond motifs is 5. The maximum Gasteiger partial charge on any atom is 0.0546 e. The molecule has 0 amide bonds. The van der Waals surface area contributed by atoms with E-state index in [4.69, 9.17) is 0 Å². The van der Waals surface area contributed by atoms with E-state index >= 15 is 0 Å². The highest BCUT2D eigenvalue weighted by atomic mass is 15.1. The summed E-state index contributed by atoms with van der Waals surface area (Å²) in [6.45, 7) is 0. The van der Waals surface area contributed by atoms with Crippen LogP contribution >= 0.6 is 0 Å². The van der Waals surface area contributed by atoms with Crippen molar-refractivity contribution in [1.29, 1.82) is 0 Å². The summed E-state index contributed by atoms with van der Waals surface area (Å²) in [5.74, 6) is 0. The first-order chi connectivity index (χ1) is 18.4. The molecule has 0 heterocycles. The lowest BCUT2D eigenvalue weighted by Gasteiger charge is -2.29. The standard InChI is InChI=1S/C36H25N/c1-3-12-26(13-4-1)31-19-9-10-20-34(31)37(29-16-5-2-6-17-29)35-21-11-15-28-23-24-32-30-18-8-7-14-27(30)22-25-33(32)36(28)35/h1-25H. The highest BCUT2D eigenvalue weighted by Gasteiger charge is 2.20. The van der Waals surface area contributed by atoms with E-state index in [-0.39, 0.29) is 0 Å². The van der Waals surface area contributed by atoms with Gasteiger partial charge in [0.1, 0.15) is 0 Å². The third-order valence-electron chi connectivity index (χ3n) is 7.23. The summed E-state index contributed by atoms with van der Waals surface area (Å²) in [5, 5.41) is 7.59. The molecule has 0 bridgehead atoms. The van der Waals surface area contributed by atoms with Gasteiger partial charge >= 0.3 is 0 Å². The van der Waals surface area contributed by atoms with Gasteiger partial charge in [0, 0.05) is 16.6 Å². The Morgan fingerprint density at radius 3 is 1.84 bits per heavy atom. The Bertz CT molecular complexity index is 1870. The number of nitrogens with zero attached hydrogens (tertiary/aromatic N) is 1. The minimum Gasteiger partial charge on any atom is -0.309 e. The van der Waals surface area contributed by atoms with Crippen LogP contribution in [0.15, 0.2) is 152 Å². The van der Waals surface area contributed by atoms with Gasteiger partial charge in [0.05, 0.1) is 11.4 Å². The van der Waals surface area contributed by atoms with Gasteiger partial charge in [-0.15, -0.1) is 0 Å². The third-order valence-corrected chi connectivity index (χ3v) is 7.23. The molecule has 1 nitrogen and oxygen atoms in total. The van der Waals surface area contributed by atoms with Gasteiger partial charge in [0.25, 0.3) is 0 Å². The molecule has 0 aliphatic rings. The van der Waals surface area contributed by atoms with Gasteiger partial charge in [-0.25, -0.2) is 0 Å². The lowest BCUT2D eigenvalue weighted by Crippen LogP contribution is -2.11. The lowest BCUT2D eigenvalue weighted by molar-refractivity contribution is 1.30. The smallest absolute Gasteiger partial charge is 0.0546 e. The Balaban J connectivity index is 1.58. The number of hydrogen-bond acceptors (Lipinski definition) is 1. The van der Waals surface area contributed by atoms with E-state index < -0.39 is 0 Å². The average Bonchev–Trinajstić information content (AvgIpc) is 2.98. The normalized spacial score (nSPS) is 11.2. The van der Waals surface area contributed by atoms with Crippen molar-refractivity contribution in [3.05, 3.63) is 152 Å². The summed E-state index contributed by atoms with van der Waals surface area (Å²) in [6.07, 6.45) is 0. The number of benzene rings is 7. The van der Waals surface area contributed by atoms with Crippen LogP contribution in [0.3, 0.4) is 0 Å². The molecular formula is C36H25N. The molecule has 0 radical (unpaired) electrons. The van der Waals surface area contributed by atoms with Crippen LogP contribution in [0.2, 0.25) is 0 Å². The molecule has 0 saturated carbocycles. The Morgan fingerprint density at radius 1 is 0.351 bits per heavy atom. The summed E-state index contributed by atoms with van der Waals surface area (Å²) in [4.78, 5) is 2.42. The zero-order valence-electron chi connectivity index (χ0n) is 20.4. The summed E-state index contributed by atoms with van der Waals surface area (Å²) in [7, 11) is 0. The lowest BCUT2D eigenvalue weighted by atomic mass is 9.95. The first-order valence-corrected chi connectivity index (χ1v) is 12.7. The van der Waals surface area contributed by atoms with Gasteiger partial charge in [0.2, 0.25) is 0 Å². The first kappa shape index (κ1) is 21.4. The molecule has 0 aromatic heterocycles. The molecule has 0 saturated heterocycles. The fourth-order valence-corrected chi connectivity index (χ4v) is 5.56. The number of rotatable bonds is 4. The quantitative estimate of drug-likeness (QED) is 0.231. The van der Waals surface area contributed by atoms with Crippen molar-refractivity contribution in [2.75, 3.05) is 4.90 Å². The summed E-state index contributed by atoms with van der Waals surface area (Å²) >= 11 is 0. The third kappa shape index (κ3) is 3.64. The Hall–Kier alpha value is -4.88. The van der Waals surface area contributed by atoms with Crippen LogP contribution in [0.5, 0.6) is 0 Å². The minimum absolute atomic E-state index is 1.14. The molecule has 7 aromatic carbocycles. The highest BCUT2D eigenvalue weighted by Crippen LogP contribution is 2.45. The van der Waals surface area contributed by atoms with E-state index in [1.165, 1.54) is 49.1 Å². The molecule has 0 spiro atoms. The summed E-state index contributed by atoms with van der Waals surface area (Å²) in [5.41, 5.74) is 5.87. The van der Waals surface area contributed by atoms with Crippen LogP contribution in [0, 0.1) is 0 Å². The molecule has 0 fully saturated rings. The van der Waals surface area contributed by atoms with Crippen LogP contribution in [-0.2, 0) is 0 Å². The van der Waals surface area contributed by atoms with Crippen LogP contribution in [-0.4, -0.2) is 0 Å². The molecule has 37 heavy (non-hydrogen) atoms. The van der Waals surface area contributed by atoms with Gasteiger partial charge in [-0.2, -0.15) is 0 Å². The second kappa shape index (κ2) is 8.96. The monoisotopic (exact) mass is 471 g/mol. The largest absolute Gasteiger partial charge is 0.309 e.